The van der Waals surface area contributed by atoms with Gasteiger partial charge in [0.25, 0.3) is 0 Å². The lowest BCUT2D eigenvalue weighted by Gasteiger charge is -2.04. The van der Waals surface area contributed by atoms with Gasteiger partial charge in [-0.25, -0.2) is 0 Å². The summed E-state index contributed by atoms with van der Waals surface area (Å²) in [6.45, 7) is 0. The minimum atomic E-state index is -0.681. The predicted octanol–water partition coefficient (Wildman–Crippen LogP) is 0.493. The summed E-state index contributed by atoms with van der Waals surface area (Å²) in [6.07, 6.45) is 5.92. The van der Waals surface area contributed by atoms with Crippen LogP contribution in [0.2, 0.25) is 0 Å². The molecule has 1 aliphatic carbocycles. The maximum Gasteiger partial charge on any atom is 0.114 e. The second-order valence-electron chi connectivity index (χ2n) is 1.64. The molecule has 0 aromatic rings. The fourth-order valence-electron chi connectivity index (χ4n) is 0.531. The molecule has 0 radical (unpaired) electrons. The monoisotopic (exact) mass is 109 g/mol. The van der Waals surface area contributed by atoms with Crippen LogP contribution in [0.5, 0.6) is 0 Å². The van der Waals surface area contributed by atoms with E-state index in [0.717, 1.165) is 0 Å². The van der Waals surface area contributed by atoms with Gasteiger partial charge in [-0.3, -0.25) is 0 Å². The standard InChI is InChI=1S/C6H7NO/c7-5-3-1-2-4-6(5)8/h1-4,6-8H. The number of allylic oxidation sites excluding steroid dienone is 2. The molecule has 1 aliphatic rings. The van der Waals surface area contributed by atoms with Crippen LogP contribution in [0, 0.1) is 5.41 Å². The van der Waals surface area contributed by atoms with Crippen molar-refractivity contribution in [2.75, 3.05) is 0 Å². The smallest absolute Gasteiger partial charge is 0.114 e. The zero-order valence-electron chi connectivity index (χ0n) is 4.33. The highest BCUT2D eigenvalue weighted by Gasteiger charge is 2.03. The fraction of sp³-hybridized carbons (Fsp3) is 0.167. The Morgan fingerprint density at radius 2 is 2.25 bits per heavy atom. The quantitative estimate of drug-likeness (QED) is 0.467. The maximum atomic E-state index is 8.82. The van der Waals surface area contributed by atoms with E-state index in [2.05, 4.69) is 0 Å². The highest BCUT2D eigenvalue weighted by Crippen LogP contribution is 1.97. The lowest BCUT2D eigenvalue weighted by Crippen LogP contribution is -2.15. The Labute approximate surface area is 47.7 Å². The first-order valence-corrected chi connectivity index (χ1v) is 2.42. The Morgan fingerprint density at radius 1 is 1.50 bits per heavy atom. The van der Waals surface area contributed by atoms with Crippen LogP contribution in [0.25, 0.3) is 0 Å². The van der Waals surface area contributed by atoms with Gasteiger partial charge in [0.2, 0.25) is 0 Å². The molecule has 2 nitrogen and oxygen atoms in total. The second-order valence-corrected chi connectivity index (χ2v) is 1.64. The summed E-state index contributed by atoms with van der Waals surface area (Å²) < 4.78 is 0. The summed E-state index contributed by atoms with van der Waals surface area (Å²) in [5, 5.41) is 15.8. The van der Waals surface area contributed by atoms with Crippen molar-refractivity contribution in [3.63, 3.8) is 0 Å². The number of rotatable bonds is 0. The molecular weight excluding hydrogens is 102 g/mol. The molecule has 1 rings (SSSR count). The van der Waals surface area contributed by atoms with E-state index in [1.54, 1.807) is 24.3 Å². The average molecular weight is 109 g/mol. The van der Waals surface area contributed by atoms with Gasteiger partial charge in [-0.1, -0.05) is 18.2 Å². The Balaban J connectivity index is 2.74. The molecule has 8 heavy (non-hydrogen) atoms. The van der Waals surface area contributed by atoms with E-state index in [9.17, 15) is 0 Å². The molecule has 1 unspecified atom stereocenters. The minimum Gasteiger partial charge on any atom is -0.383 e. The van der Waals surface area contributed by atoms with Gasteiger partial charge in [0.1, 0.15) is 6.10 Å². The van der Waals surface area contributed by atoms with Crippen LogP contribution in [-0.4, -0.2) is 16.9 Å². The molecule has 0 aliphatic heterocycles. The molecule has 0 spiro atoms. The number of nitrogens with one attached hydrogen (secondary N) is 1. The van der Waals surface area contributed by atoms with Crippen molar-refractivity contribution in [3.05, 3.63) is 24.3 Å². The van der Waals surface area contributed by atoms with Crippen molar-refractivity contribution >= 4 is 5.71 Å². The first-order valence-electron chi connectivity index (χ1n) is 2.42. The number of hydrogen-bond acceptors (Lipinski definition) is 2. The molecule has 0 heterocycles. The molecule has 0 bridgehead atoms. The van der Waals surface area contributed by atoms with Crippen LogP contribution in [-0.2, 0) is 0 Å². The maximum absolute atomic E-state index is 8.82. The Kier molecular flexibility index (Phi) is 1.26. The molecule has 2 heteroatoms. The highest BCUT2D eigenvalue weighted by molar-refractivity contribution is 5.98. The van der Waals surface area contributed by atoms with Gasteiger partial charge in [0.05, 0.1) is 5.71 Å². The summed E-state index contributed by atoms with van der Waals surface area (Å²) in [5.41, 5.74) is 0.257. The number of aliphatic hydroxyl groups is 1. The van der Waals surface area contributed by atoms with E-state index in [0.29, 0.717) is 0 Å². The van der Waals surface area contributed by atoms with E-state index in [1.165, 1.54) is 0 Å². The molecular formula is C6H7NO. The van der Waals surface area contributed by atoms with Crippen LogP contribution < -0.4 is 0 Å². The lowest BCUT2D eigenvalue weighted by molar-refractivity contribution is 0.288. The number of hydrogen-bond donors (Lipinski definition) is 2. The number of aliphatic hydroxyl groups excluding tert-OH is 1. The van der Waals surface area contributed by atoms with Crippen molar-refractivity contribution in [3.8, 4) is 0 Å². The molecule has 0 amide bonds. The van der Waals surface area contributed by atoms with E-state index >= 15 is 0 Å². The van der Waals surface area contributed by atoms with Gasteiger partial charge in [0, 0.05) is 0 Å². The largest absolute Gasteiger partial charge is 0.383 e. The van der Waals surface area contributed by atoms with Gasteiger partial charge in [-0.15, -0.1) is 0 Å². The van der Waals surface area contributed by atoms with E-state index in [1.807, 2.05) is 0 Å². The molecule has 0 saturated heterocycles. The molecule has 0 aromatic heterocycles. The van der Waals surface area contributed by atoms with Crippen molar-refractivity contribution in [1.82, 2.24) is 0 Å². The third-order valence-electron chi connectivity index (χ3n) is 0.999. The molecule has 0 saturated carbocycles. The molecule has 2 N–H and O–H groups in total. The van der Waals surface area contributed by atoms with Gasteiger partial charge in [-0.05, 0) is 6.08 Å². The first kappa shape index (κ1) is 5.25. The van der Waals surface area contributed by atoms with E-state index in [4.69, 9.17) is 10.5 Å². The van der Waals surface area contributed by atoms with E-state index < -0.39 is 6.10 Å². The van der Waals surface area contributed by atoms with Gasteiger partial charge >= 0.3 is 0 Å². The van der Waals surface area contributed by atoms with Crippen molar-refractivity contribution in [2.45, 2.75) is 6.10 Å². The van der Waals surface area contributed by atoms with Gasteiger partial charge in [-0.2, -0.15) is 0 Å². The summed E-state index contributed by atoms with van der Waals surface area (Å²) in [4.78, 5) is 0. The van der Waals surface area contributed by atoms with Crippen molar-refractivity contribution in [2.24, 2.45) is 0 Å². The zero-order valence-corrected chi connectivity index (χ0v) is 4.33. The fourth-order valence-corrected chi connectivity index (χ4v) is 0.531. The van der Waals surface area contributed by atoms with E-state index in [-0.39, 0.29) is 5.71 Å². The highest BCUT2D eigenvalue weighted by atomic mass is 16.3. The van der Waals surface area contributed by atoms with Crippen molar-refractivity contribution in [1.29, 1.82) is 5.41 Å². The summed E-state index contributed by atoms with van der Waals surface area (Å²) in [5.74, 6) is 0. The zero-order chi connectivity index (χ0) is 5.98. The summed E-state index contributed by atoms with van der Waals surface area (Å²) in [6, 6.07) is 0. The third kappa shape index (κ3) is 0.845. The molecule has 1 atom stereocenters. The van der Waals surface area contributed by atoms with Crippen LogP contribution >= 0.6 is 0 Å². The molecule has 42 valence electrons. The Hall–Kier alpha value is -0.890. The minimum absolute atomic E-state index is 0.257. The normalized spacial score (nSPS) is 26.6. The molecule has 0 fully saturated rings. The van der Waals surface area contributed by atoms with Crippen LogP contribution in [0.3, 0.4) is 0 Å². The lowest BCUT2D eigenvalue weighted by atomic mass is 10.1. The summed E-state index contributed by atoms with van der Waals surface area (Å²) in [7, 11) is 0. The van der Waals surface area contributed by atoms with Crippen LogP contribution in [0.1, 0.15) is 0 Å². The van der Waals surface area contributed by atoms with Crippen LogP contribution in [0.4, 0.5) is 0 Å². The van der Waals surface area contributed by atoms with Gasteiger partial charge in [0.15, 0.2) is 0 Å². The van der Waals surface area contributed by atoms with Crippen LogP contribution in [0.15, 0.2) is 24.3 Å². The topological polar surface area (TPSA) is 44.1 Å². The predicted molar refractivity (Wildman–Crippen MR) is 32.0 cm³/mol. The SMILES string of the molecule is N=C1C=CC=CC1O. The van der Waals surface area contributed by atoms with Gasteiger partial charge < -0.3 is 10.5 Å². The third-order valence-corrected chi connectivity index (χ3v) is 0.999. The Morgan fingerprint density at radius 3 is 2.62 bits per heavy atom. The first-order chi connectivity index (χ1) is 3.80. The Bertz CT molecular complexity index is 158. The molecule has 0 aromatic carbocycles. The average Bonchev–Trinajstić information content (AvgIpc) is 1.77. The summed E-state index contributed by atoms with van der Waals surface area (Å²) >= 11 is 0. The van der Waals surface area contributed by atoms with Crippen molar-refractivity contribution < 1.29 is 5.11 Å². The second kappa shape index (κ2) is 1.92.